The summed E-state index contributed by atoms with van der Waals surface area (Å²) in [5.41, 5.74) is 0. The zero-order valence-corrected chi connectivity index (χ0v) is 6.82. The van der Waals surface area contributed by atoms with Crippen LogP contribution in [0.2, 0.25) is 0 Å². The second kappa shape index (κ2) is 3.84. The van der Waals surface area contributed by atoms with Crippen LogP contribution >= 0.6 is 0 Å². The normalized spacial score (nSPS) is 21.1. The second-order valence-electron chi connectivity index (χ2n) is 2.55. The first kappa shape index (κ1) is 9.44. The summed E-state index contributed by atoms with van der Waals surface area (Å²) in [7, 11) is 0. The molecule has 1 heterocycles. The van der Waals surface area contributed by atoms with Crippen LogP contribution in [0.1, 0.15) is 12.8 Å². The molecule has 13 heavy (non-hydrogen) atoms. The van der Waals surface area contributed by atoms with Crippen LogP contribution in [0.5, 0.6) is 0 Å². The minimum atomic E-state index is -0.694. The first-order valence-corrected chi connectivity index (χ1v) is 3.68. The number of hydrogen-bond acceptors (Lipinski definition) is 5. The zero-order chi connectivity index (χ0) is 9.84. The number of carbonyl (C=O) groups is 3. The minimum Gasteiger partial charge on any atom is -0.435 e. The molecule has 0 spiro atoms. The second-order valence-corrected chi connectivity index (χ2v) is 2.55. The summed E-state index contributed by atoms with van der Waals surface area (Å²) in [6.07, 6.45) is 0.784. The quantitative estimate of drug-likeness (QED) is 0.355. The van der Waals surface area contributed by atoms with Crippen molar-refractivity contribution < 1.29 is 23.9 Å². The van der Waals surface area contributed by atoms with Crippen molar-refractivity contribution in [2.24, 2.45) is 5.92 Å². The Morgan fingerprint density at radius 1 is 1.69 bits per heavy atom. The number of esters is 3. The molecule has 0 bridgehead atoms. The van der Waals surface area contributed by atoms with Crippen molar-refractivity contribution in [2.75, 3.05) is 0 Å². The molecule has 0 aliphatic carbocycles. The van der Waals surface area contributed by atoms with Gasteiger partial charge in [-0.25, -0.2) is 0 Å². The summed E-state index contributed by atoms with van der Waals surface area (Å²) in [5, 5.41) is 0. The molecule has 1 rings (SSSR count). The number of cyclic esters (lactones) is 2. The molecule has 1 unspecified atom stereocenters. The Morgan fingerprint density at radius 3 is 2.85 bits per heavy atom. The molecule has 0 aromatic rings. The molecule has 1 atom stereocenters. The van der Waals surface area contributed by atoms with Gasteiger partial charge in [0.05, 0.1) is 25.0 Å². The van der Waals surface area contributed by atoms with E-state index in [1.807, 2.05) is 0 Å². The van der Waals surface area contributed by atoms with E-state index in [1.165, 1.54) is 0 Å². The van der Waals surface area contributed by atoms with Crippen molar-refractivity contribution in [1.82, 2.24) is 0 Å². The molecule has 0 aromatic heterocycles. The molecule has 0 amide bonds. The van der Waals surface area contributed by atoms with Gasteiger partial charge in [0.25, 0.3) is 0 Å². The topological polar surface area (TPSA) is 69.7 Å². The van der Waals surface area contributed by atoms with Crippen LogP contribution in [-0.2, 0) is 23.9 Å². The van der Waals surface area contributed by atoms with Crippen LogP contribution < -0.4 is 0 Å². The third kappa shape index (κ3) is 2.40. The van der Waals surface area contributed by atoms with Crippen LogP contribution in [0, 0.1) is 5.92 Å². The van der Waals surface area contributed by atoms with Gasteiger partial charge < -0.3 is 9.47 Å². The Balaban J connectivity index is 2.45. The van der Waals surface area contributed by atoms with E-state index < -0.39 is 23.8 Å². The summed E-state index contributed by atoms with van der Waals surface area (Å²) >= 11 is 0. The Hall–Kier alpha value is -1.65. The van der Waals surface area contributed by atoms with Gasteiger partial charge in [-0.15, -0.1) is 0 Å². The van der Waals surface area contributed by atoms with Gasteiger partial charge in [-0.2, -0.15) is 0 Å². The van der Waals surface area contributed by atoms with Gasteiger partial charge in [0.2, 0.25) is 0 Å². The van der Waals surface area contributed by atoms with Gasteiger partial charge in [0.15, 0.2) is 0 Å². The average molecular weight is 184 g/mol. The third-order valence-corrected chi connectivity index (χ3v) is 1.59. The lowest BCUT2D eigenvalue weighted by Gasteiger charge is -2.01. The first-order chi connectivity index (χ1) is 6.13. The molecule has 0 N–H and O–H groups in total. The molecule has 1 aliphatic heterocycles. The van der Waals surface area contributed by atoms with E-state index in [0.717, 1.165) is 6.26 Å². The van der Waals surface area contributed by atoms with E-state index in [0.29, 0.717) is 0 Å². The van der Waals surface area contributed by atoms with Gasteiger partial charge in [0, 0.05) is 0 Å². The average Bonchev–Trinajstić information content (AvgIpc) is 2.30. The fourth-order valence-electron chi connectivity index (χ4n) is 1.02. The predicted molar refractivity (Wildman–Crippen MR) is 40.1 cm³/mol. The molecule has 1 saturated heterocycles. The van der Waals surface area contributed by atoms with Crippen molar-refractivity contribution in [1.29, 1.82) is 0 Å². The molecule has 0 aromatic carbocycles. The van der Waals surface area contributed by atoms with Crippen LogP contribution in [0.25, 0.3) is 0 Å². The molecular formula is C8H8O5. The summed E-state index contributed by atoms with van der Waals surface area (Å²) < 4.78 is 8.63. The van der Waals surface area contributed by atoms with Crippen LogP contribution in [0.4, 0.5) is 0 Å². The summed E-state index contributed by atoms with van der Waals surface area (Å²) in [4.78, 5) is 32.3. The van der Waals surface area contributed by atoms with E-state index in [9.17, 15) is 14.4 Å². The largest absolute Gasteiger partial charge is 0.435 e. The number of carbonyl (C=O) groups excluding carboxylic acids is 3. The Labute approximate surface area is 74.3 Å². The van der Waals surface area contributed by atoms with Crippen molar-refractivity contribution in [2.45, 2.75) is 12.8 Å². The first-order valence-electron chi connectivity index (χ1n) is 3.68. The van der Waals surface area contributed by atoms with Gasteiger partial charge >= 0.3 is 17.9 Å². The highest BCUT2D eigenvalue weighted by Crippen LogP contribution is 2.19. The number of hydrogen-bond donors (Lipinski definition) is 0. The molecular weight excluding hydrogens is 176 g/mol. The van der Waals surface area contributed by atoms with Gasteiger partial charge in [-0.05, 0) is 0 Å². The van der Waals surface area contributed by atoms with Crippen molar-refractivity contribution in [3.8, 4) is 0 Å². The van der Waals surface area contributed by atoms with Crippen LogP contribution in [0.15, 0.2) is 12.8 Å². The molecule has 5 nitrogen and oxygen atoms in total. The Bertz CT molecular complexity index is 268. The van der Waals surface area contributed by atoms with Crippen molar-refractivity contribution in [3.63, 3.8) is 0 Å². The highest BCUT2D eigenvalue weighted by atomic mass is 16.6. The van der Waals surface area contributed by atoms with Crippen LogP contribution in [-0.4, -0.2) is 17.9 Å². The molecule has 70 valence electrons. The lowest BCUT2D eigenvalue weighted by molar-refractivity contribution is -0.154. The van der Waals surface area contributed by atoms with E-state index in [1.54, 1.807) is 0 Å². The van der Waals surface area contributed by atoms with Gasteiger partial charge in [-0.3, -0.25) is 14.4 Å². The van der Waals surface area contributed by atoms with Gasteiger partial charge in [-0.1, -0.05) is 6.58 Å². The number of rotatable bonds is 3. The molecule has 0 radical (unpaired) electrons. The SMILES string of the molecule is C=COC(=O)CC1CC(=O)OC1=O. The predicted octanol–water partition coefficient (Wildman–Crippen LogP) is 0.153. The lowest BCUT2D eigenvalue weighted by Crippen LogP contribution is -2.13. The van der Waals surface area contributed by atoms with Crippen molar-refractivity contribution >= 4 is 17.9 Å². The highest BCUT2D eigenvalue weighted by molar-refractivity contribution is 5.96. The fraction of sp³-hybridized carbons (Fsp3) is 0.375. The van der Waals surface area contributed by atoms with Gasteiger partial charge in [0.1, 0.15) is 0 Å². The minimum absolute atomic E-state index is 0.0505. The smallest absolute Gasteiger partial charge is 0.317 e. The van der Waals surface area contributed by atoms with Crippen LogP contribution in [0.3, 0.4) is 0 Å². The van der Waals surface area contributed by atoms with E-state index in [4.69, 9.17) is 0 Å². The summed E-state index contributed by atoms with van der Waals surface area (Å²) in [6.45, 7) is 3.18. The van der Waals surface area contributed by atoms with E-state index in [-0.39, 0.29) is 12.8 Å². The Kier molecular flexibility index (Phi) is 2.79. The zero-order valence-electron chi connectivity index (χ0n) is 6.82. The molecule has 0 saturated carbocycles. The third-order valence-electron chi connectivity index (χ3n) is 1.59. The molecule has 1 aliphatic rings. The monoisotopic (exact) mass is 184 g/mol. The highest BCUT2D eigenvalue weighted by Gasteiger charge is 2.35. The maximum atomic E-state index is 10.8. The Morgan fingerprint density at radius 2 is 2.38 bits per heavy atom. The molecule has 1 fully saturated rings. The molecule has 5 heteroatoms. The maximum Gasteiger partial charge on any atom is 0.317 e. The maximum absolute atomic E-state index is 10.8. The number of ether oxygens (including phenoxy) is 2. The lowest BCUT2D eigenvalue weighted by atomic mass is 10.0. The standard InChI is InChI=1S/C8H8O5/c1-2-12-6(9)3-5-4-7(10)13-8(5)11/h2,5H,1,3-4H2. The summed E-state index contributed by atoms with van der Waals surface area (Å²) in [5.74, 6) is -2.54. The van der Waals surface area contributed by atoms with Crippen molar-refractivity contribution in [3.05, 3.63) is 12.8 Å². The van der Waals surface area contributed by atoms with E-state index in [2.05, 4.69) is 16.1 Å². The van der Waals surface area contributed by atoms with E-state index >= 15 is 0 Å². The summed E-state index contributed by atoms with van der Waals surface area (Å²) in [6, 6.07) is 0. The fourth-order valence-corrected chi connectivity index (χ4v) is 1.02.